The molecule has 0 saturated carbocycles. The van der Waals surface area contributed by atoms with Gasteiger partial charge in [-0.3, -0.25) is 14.8 Å². The summed E-state index contributed by atoms with van der Waals surface area (Å²) in [5.41, 5.74) is 7.96. The zero-order valence-corrected chi connectivity index (χ0v) is 19.2. The number of aromatic nitrogens is 2. The molecule has 2 heterocycles. The van der Waals surface area contributed by atoms with Gasteiger partial charge in [0.15, 0.2) is 0 Å². The first-order valence-corrected chi connectivity index (χ1v) is 11.2. The molecule has 7 heteroatoms. The van der Waals surface area contributed by atoms with Crippen LogP contribution in [0, 0.1) is 18.3 Å². The predicted octanol–water partition coefficient (Wildman–Crippen LogP) is 4.54. The highest BCUT2D eigenvalue weighted by Gasteiger charge is 2.21. The minimum Gasteiger partial charge on any atom is -0.490 e. The van der Waals surface area contributed by atoms with Gasteiger partial charge in [-0.2, -0.15) is 10.4 Å². The molecule has 0 saturated heterocycles. The van der Waals surface area contributed by atoms with Crippen LogP contribution in [0.2, 0.25) is 0 Å². The Morgan fingerprint density at radius 3 is 2.85 bits per heavy atom. The van der Waals surface area contributed by atoms with Crippen molar-refractivity contribution >= 4 is 5.97 Å². The third-order valence-corrected chi connectivity index (χ3v) is 6.04. The minimum absolute atomic E-state index is 0.00355. The van der Waals surface area contributed by atoms with Crippen LogP contribution in [0.3, 0.4) is 0 Å². The summed E-state index contributed by atoms with van der Waals surface area (Å²) in [5.74, 6) is -0.179. The second kappa shape index (κ2) is 9.47. The molecule has 33 heavy (non-hydrogen) atoms. The Labute approximate surface area is 193 Å². The first-order chi connectivity index (χ1) is 15.9. The number of hydrogen-bond acceptors (Lipinski definition) is 5. The summed E-state index contributed by atoms with van der Waals surface area (Å²) in [6.45, 7) is 8.21. The zero-order valence-electron chi connectivity index (χ0n) is 19.2. The number of carbonyl (C=O) groups is 1. The molecule has 0 spiro atoms. The van der Waals surface area contributed by atoms with Crippen molar-refractivity contribution in [2.75, 3.05) is 13.1 Å². The third-order valence-electron chi connectivity index (χ3n) is 6.04. The van der Waals surface area contributed by atoms with E-state index < -0.39 is 5.97 Å². The van der Waals surface area contributed by atoms with Crippen LogP contribution in [-0.2, 0) is 17.8 Å². The van der Waals surface area contributed by atoms with Gasteiger partial charge in [0.1, 0.15) is 11.8 Å². The molecule has 0 radical (unpaired) electrons. The number of ether oxygens (including phenoxy) is 1. The highest BCUT2D eigenvalue weighted by molar-refractivity contribution is 5.73. The second-order valence-corrected chi connectivity index (χ2v) is 8.70. The predicted molar refractivity (Wildman–Crippen MR) is 126 cm³/mol. The van der Waals surface area contributed by atoms with E-state index in [1.54, 1.807) is 0 Å². The molecule has 0 aliphatic carbocycles. The van der Waals surface area contributed by atoms with Gasteiger partial charge in [-0.25, -0.2) is 0 Å². The van der Waals surface area contributed by atoms with Crippen LogP contribution >= 0.6 is 0 Å². The molecule has 7 nitrogen and oxygen atoms in total. The number of carboxylic acid groups (broad SMARTS) is 1. The molecule has 0 amide bonds. The summed E-state index contributed by atoms with van der Waals surface area (Å²) in [6.07, 6.45) is 1.07. The Morgan fingerprint density at radius 2 is 2.12 bits per heavy atom. The molecule has 170 valence electrons. The Kier molecular flexibility index (Phi) is 6.47. The number of nitrogens with one attached hydrogen (secondary N) is 1. The fourth-order valence-electron chi connectivity index (χ4n) is 4.38. The molecule has 2 N–H and O–H groups in total. The van der Waals surface area contributed by atoms with Crippen molar-refractivity contribution in [3.05, 3.63) is 58.7 Å². The fraction of sp³-hybridized carbons (Fsp3) is 0.346. The van der Waals surface area contributed by atoms with Crippen molar-refractivity contribution in [1.82, 2.24) is 15.1 Å². The number of hydrogen-bond donors (Lipinski definition) is 2. The maximum Gasteiger partial charge on any atom is 0.304 e. The molecule has 0 unspecified atom stereocenters. The lowest BCUT2D eigenvalue weighted by atomic mass is 9.90. The van der Waals surface area contributed by atoms with Crippen LogP contribution in [-0.4, -0.2) is 45.4 Å². The van der Waals surface area contributed by atoms with Gasteiger partial charge in [0.05, 0.1) is 29.5 Å². The number of aliphatic carboxylic acids is 1. The van der Waals surface area contributed by atoms with Gasteiger partial charge >= 0.3 is 5.97 Å². The molecular formula is C26H28N4O3. The average Bonchev–Trinajstić information content (AvgIpc) is 3.27. The van der Waals surface area contributed by atoms with Crippen LogP contribution in [0.5, 0.6) is 5.75 Å². The molecule has 0 bridgehead atoms. The molecule has 0 fully saturated rings. The van der Waals surface area contributed by atoms with Gasteiger partial charge in [0.2, 0.25) is 0 Å². The topological polar surface area (TPSA) is 102 Å². The summed E-state index contributed by atoms with van der Waals surface area (Å²) in [5, 5.41) is 26.1. The van der Waals surface area contributed by atoms with Crippen molar-refractivity contribution in [2.24, 2.45) is 0 Å². The van der Waals surface area contributed by atoms with Crippen LogP contribution in [0.1, 0.15) is 42.5 Å². The number of fused-ring (bicyclic) bond motifs is 1. The normalized spacial score (nSPS) is 13.5. The van der Waals surface area contributed by atoms with Gasteiger partial charge in [-0.15, -0.1) is 0 Å². The molecular weight excluding hydrogens is 416 g/mol. The molecule has 3 aromatic rings. The van der Waals surface area contributed by atoms with E-state index in [1.807, 2.05) is 38.1 Å². The monoisotopic (exact) mass is 444 g/mol. The van der Waals surface area contributed by atoms with E-state index in [4.69, 9.17) is 9.84 Å². The number of nitrogens with zero attached hydrogens (tertiary/aromatic N) is 3. The van der Waals surface area contributed by atoms with E-state index >= 15 is 0 Å². The van der Waals surface area contributed by atoms with Crippen molar-refractivity contribution in [3.63, 3.8) is 0 Å². The Bertz CT molecular complexity index is 1220. The smallest absolute Gasteiger partial charge is 0.304 e. The van der Waals surface area contributed by atoms with Gasteiger partial charge in [-0.1, -0.05) is 12.1 Å². The quantitative estimate of drug-likeness (QED) is 0.555. The average molecular weight is 445 g/mol. The highest BCUT2D eigenvalue weighted by Crippen LogP contribution is 2.33. The summed E-state index contributed by atoms with van der Waals surface area (Å²) >= 11 is 0. The van der Waals surface area contributed by atoms with Crippen molar-refractivity contribution in [1.29, 1.82) is 5.26 Å². The SMILES string of the molecule is Cc1c(-c2cc(-c3ccc(OC(C)C)c(C#N)c3)n[nH]2)ccc2c1CCN(CCC(=O)O)C2. The summed E-state index contributed by atoms with van der Waals surface area (Å²) in [7, 11) is 0. The lowest BCUT2D eigenvalue weighted by molar-refractivity contribution is -0.137. The van der Waals surface area contributed by atoms with E-state index in [0.29, 0.717) is 17.9 Å². The molecule has 0 atom stereocenters. The minimum atomic E-state index is -0.758. The Balaban J connectivity index is 1.57. The third kappa shape index (κ3) is 4.91. The van der Waals surface area contributed by atoms with Gasteiger partial charge < -0.3 is 9.84 Å². The molecule has 1 aliphatic rings. The summed E-state index contributed by atoms with van der Waals surface area (Å²) < 4.78 is 5.72. The van der Waals surface area contributed by atoms with Crippen LogP contribution in [0.15, 0.2) is 36.4 Å². The molecule has 1 aliphatic heterocycles. The number of nitriles is 1. The number of rotatable bonds is 7. The van der Waals surface area contributed by atoms with Gasteiger partial charge in [0.25, 0.3) is 0 Å². The standard InChI is InChI=1S/C26H28N4O3/c1-16(2)33-25-7-5-18(12-20(25)14-27)23-13-24(29-28-23)22-6-4-19-15-30(11-9-26(31)32)10-8-21(19)17(22)3/h4-7,12-13,16H,8-11,15H2,1-3H3,(H,28,29)(H,31,32). The maximum absolute atomic E-state index is 10.9. The molecule has 2 aromatic carbocycles. The Morgan fingerprint density at radius 1 is 1.30 bits per heavy atom. The summed E-state index contributed by atoms with van der Waals surface area (Å²) in [6, 6.07) is 14.0. The second-order valence-electron chi connectivity index (χ2n) is 8.70. The van der Waals surface area contributed by atoms with Crippen molar-refractivity contribution < 1.29 is 14.6 Å². The number of aromatic amines is 1. The van der Waals surface area contributed by atoms with Crippen LogP contribution in [0.25, 0.3) is 22.5 Å². The van der Waals surface area contributed by atoms with E-state index in [0.717, 1.165) is 42.0 Å². The number of H-pyrrole nitrogens is 1. The van der Waals surface area contributed by atoms with Gasteiger partial charge in [0, 0.05) is 30.8 Å². The van der Waals surface area contributed by atoms with Gasteiger partial charge in [-0.05, 0) is 68.1 Å². The van der Waals surface area contributed by atoms with Crippen LogP contribution < -0.4 is 4.74 Å². The van der Waals surface area contributed by atoms with E-state index in [9.17, 15) is 10.1 Å². The lowest BCUT2D eigenvalue weighted by Crippen LogP contribution is -2.32. The lowest BCUT2D eigenvalue weighted by Gasteiger charge is -2.30. The van der Waals surface area contributed by atoms with E-state index in [2.05, 4.69) is 40.2 Å². The van der Waals surface area contributed by atoms with E-state index in [1.165, 1.54) is 16.7 Å². The van der Waals surface area contributed by atoms with E-state index in [-0.39, 0.29) is 12.5 Å². The highest BCUT2D eigenvalue weighted by atomic mass is 16.5. The summed E-state index contributed by atoms with van der Waals surface area (Å²) in [4.78, 5) is 13.1. The van der Waals surface area contributed by atoms with Crippen molar-refractivity contribution in [2.45, 2.75) is 46.3 Å². The maximum atomic E-state index is 10.9. The molecule has 4 rings (SSSR count). The first-order valence-electron chi connectivity index (χ1n) is 11.2. The fourth-order valence-corrected chi connectivity index (χ4v) is 4.38. The number of benzene rings is 2. The van der Waals surface area contributed by atoms with Crippen molar-refractivity contribution in [3.8, 4) is 34.3 Å². The zero-order chi connectivity index (χ0) is 23.5. The van der Waals surface area contributed by atoms with Crippen LogP contribution in [0.4, 0.5) is 0 Å². The largest absolute Gasteiger partial charge is 0.490 e. The first kappa shape index (κ1) is 22.6. The number of carboxylic acids is 1. The Hall–Kier alpha value is -3.63. The molecule has 1 aromatic heterocycles.